The first kappa shape index (κ1) is 17.5. The van der Waals surface area contributed by atoms with E-state index in [9.17, 15) is 9.59 Å². The Balaban J connectivity index is 1.43. The van der Waals surface area contributed by atoms with Gasteiger partial charge in [-0.25, -0.2) is 0 Å². The Hall–Kier alpha value is -1.88. The highest BCUT2D eigenvalue weighted by molar-refractivity contribution is 5.87. The molecule has 0 unspecified atom stereocenters. The molecule has 0 saturated carbocycles. The highest BCUT2D eigenvalue weighted by Gasteiger charge is 2.40. The van der Waals surface area contributed by atoms with E-state index >= 15 is 0 Å². The van der Waals surface area contributed by atoms with E-state index in [1.54, 1.807) is 0 Å². The van der Waals surface area contributed by atoms with Gasteiger partial charge in [-0.1, -0.05) is 36.8 Å². The van der Waals surface area contributed by atoms with Crippen LogP contribution in [-0.4, -0.2) is 59.9 Å². The molecule has 1 N–H and O–H groups in total. The largest absolute Gasteiger partial charge is 0.350 e. The van der Waals surface area contributed by atoms with E-state index < -0.39 is 0 Å². The van der Waals surface area contributed by atoms with Crippen molar-refractivity contribution < 1.29 is 9.59 Å². The molecule has 1 aromatic rings. The summed E-state index contributed by atoms with van der Waals surface area (Å²) in [6.45, 7) is 3.10. The molecule has 26 heavy (non-hydrogen) atoms. The molecule has 3 aliphatic heterocycles. The summed E-state index contributed by atoms with van der Waals surface area (Å²) >= 11 is 0. The van der Waals surface area contributed by atoms with Gasteiger partial charge in [-0.2, -0.15) is 0 Å². The average molecular weight is 355 g/mol. The Morgan fingerprint density at radius 2 is 1.88 bits per heavy atom. The van der Waals surface area contributed by atoms with E-state index in [0.29, 0.717) is 12.6 Å². The number of hydrogen-bond donors (Lipinski definition) is 1. The number of piperazine rings is 1. The van der Waals surface area contributed by atoms with Crippen LogP contribution < -0.4 is 5.32 Å². The number of fused-ring (bicyclic) bond motifs is 1. The SMILES string of the molecule is O=C1CN(C(=O)[C@@H]2CCCN3CCCC[C@H]23)C[C@H](Cc2ccccc2)N1. The number of nitrogens with one attached hydrogen (secondary N) is 1. The molecule has 0 spiro atoms. The summed E-state index contributed by atoms with van der Waals surface area (Å²) in [5.41, 5.74) is 1.20. The van der Waals surface area contributed by atoms with Crippen molar-refractivity contribution in [2.24, 2.45) is 5.92 Å². The highest BCUT2D eigenvalue weighted by atomic mass is 16.2. The zero-order valence-corrected chi connectivity index (χ0v) is 15.4. The molecule has 1 aromatic carbocycles. The molecule has 140 valence electrons. The van der Waals surface area contributed by atoms with Gasteiger partial charge in [0.2, 0.25) is 11.8 Å². The minimum Gasteiger partial charge on any atom is -0.350 e. The smallest absolute Gasteiger partial charge is 0.239 e. The molecular formula is C21H29N3O2. The van der Waals surface area contributed by atoms with Gasteiger partial charge in [0.05, 0.1) is 18.5 Å². The van der Waals surface area contributed by atoms with E-state index in [0.717, 1.165) is 38.8 Å². The Labute approximate surface area is 155 Å². The van der Waals surface area contributed by atoms with Gasteiger partial charge in [0.1, 0.15) is 0 Å². The molecule has 4 rings (SSSR count). The van der Waals surface area contributed by atoms with E-state index in [1.807, 2.05) is 23.1 Å². The molecule has 0 bridgehead atoms. The van der Waals surface area contributed by atoms with Crippen molar-refractivity contribution in [3.63, 3.8) is 0 Å². The topological polar surface area (TPSA) is 52.7 Å². The number of carbonyl (C=O) groups is 2. The van der Waals surface area contributed by atoms with Gasteiger partial charge in [-0.05, 0) is 50.8 Å². The van der Waals surface area contributed by atoms with Crippen LogP contribution in [0.2, 0.25) is 0 Å². The Kier molecular flexibility index (Phi) is 5.25. The lowest BCUT2D eigenvalue weighted by Crippen LogP contribution is -2.60. The monoisotopic (exact) mass is 355 g/mol. The Bertz CT molecular complexity index is 646. The number of amides is 2. The van der Waals surface area contributed by atoms with Crippen molar-refractivity contribution in [2.45, 2.75) is 50.6 Å². The summed E-state index contributed by atoms with van der Waals surface area (Å²) < 4.78 is 0. The van der Waals surface area contributed by atoms with Crippen molar-refractivity contribution in [3.8, 4) is 0 Å². The number of nitrogens with zero attached hydrogens (tertiary/aromatic N) is 2. The number of hydrogen-bond acceptors (Lipinski definition) is 3. The van der Waals surface area contributed by atoms with Gasteiger partial charge in [-0.15, -0.1) is 0 Å². The minimum atomic E-state index is -0.0261. The van der Waals surface area contributed by atoms with E-state index in [4.69, 9.17) is 0 Å². The van der Waals surface area contributed by atoms with Crippen LogP contribution in [0.4, 0.5) is 0 Å². The third-order valence-corrected chi connectivity index (χ3v) is 6.18. The molecule has 0 aromatic heterocycles. The normalized spacial score (nSPS) is 29.8. The molecule has 3 heterocycles. The van der Waals surface area contributed by atoms with Crippen LogP contribution in [0.5, 0.6) is 0 Å². The third kappa shape index (κ3) is 3.78. The lowest BCUT2D eigenvalue weighted by atomic mass is 9.82. The van der Waals surface area contributed by atoms with Crippen molar-refractivity contribution in [1.82, 2.24) is 15.1 Å². The van der Waals surface area contributed by atoms with Crippen molar-refractivity contribution in [2.75, 3.05) is 26.2 Å². The fraction of sp³-hybridized carbons (Fsp3) is 0.619. The van der Waals surface area contributed by atoms with E-state index in [-0.39, 0.29) is 30.3 Å². The van der Waals surface area contributed by atoms with Crippen LogP contribution in [0, 0.1) is 5.92 Å². The second-order valence-corrected chi connectivity index (χ2v) is 8.02. The summed E-state index contributed by atoms with van der Waals surface area (Å²) in [6, 6.07) is 10.6. The van der Waals surface area contributed by atoms with Gasteiger partial charge in [-0.3, -0.25) is 14.5 Å². The first-order valence-corrected chi connectivity index (χ1v) is 10.1. The van der Waals surface area contributed by atoms with Gasteiger partial charge in [0.25, 0.3) is 0 Å². The molecule has 3 saturated heterocycles. The van der Waals surface area contributed by atoms with E-state index in [2.05, 4.69) is 22.3 Å². The van der Waals surface area contributed by atoms with Crippen LogP contribution in [-0.2, 0) is 16.0 Å². The standard InChI is InChI=1S/C21H29N3O2/c25-20-15-24(14-17(22-20)13-16-7-2-1-3-8-16)21(26)18-9-6-12-23-11-5-4-10-19(18)23/h1-3,7-8,17-19H,4-6,9-15H2,(H,22,25)/t17-,18+,19+/m0/s1. The second-order valence-electron chi connectivity index (χ2n) is 8.02. The minimum absolute atomic E-state index is 0.00801. The molecule has 3 aliphatic rings. The predicted molar refractivity (Wildman–Crippen MR) is 101 cm³/mol. The van der Waals surface area contributed by atoms with E-state index in [1.165, 1.54) is 18.4 Å². The van der Waals surface area contributed by atoms with Gasteiger partial charge in [0.15, 0.2) is 0 Å². The summed E-state index contributed by atoms with van der Waals surface area (Å²) in [5, 5.41) is 3.07. The lowest BCUT2D eigenvalue weighted by Gasteiger charge is -2.45. The van der Waals surface area contributed by atoms with Gasteiger partial charge in [0, 0.05) is 12.6 Å². The van der Waals surface area contributed by atoms with Crippen LogP contribution in [0.3, 0.4) is 0 Å². The maximum atomic E-state index is 13.3. The quantitative estimate of drug-likeness (QED) is 0.900. The lowest BCUT2D eigenvalue weighted by molar-refractivity contribution is -0.146. The Morgan fingerprint density at radius 3 is 2.73 bits per heavy atom. The molecular weight excluding hydrogens is 326 g/mol. The summed E-state index contributed by atoms with van der Waals surface area (Å²) in [7, 11) is 0. The number of piperidine rings is 2. The van der Waals surface area contributed by atoms with Crippen LogP contribution in [0.25, 0.3) is 0 Å². The van der Waals surface area contributed by atoms with Crippen molar-refractivity contribution in [1.29, 1.82) is 0 Å². The average Bonchev–Trinajstić information content (AvgIpc) is 2.67. The first-order chi connectivity index (χ1) is 12.7. The summed E-state index contributed by atoms with van der Waals surface area (Å²) in [4.78, 5) is 29.8. The molecule has 5 heteroatoms. The number of carbonyl (C=O) groups excluding carboxylic acids is 2. The first-order valence-electron chi connectivity index (χ1n) is 10.1. The number of rotatable bonds is 3. The second kappa shape index (κ2) is 7.78. The maximum absolute atomic E-state index is 13.3. The zero-order chi connectivity index (χ0) is 17.9. The van der Waals surface area contributed by atoms with Crippen molar-refractivity contribution in [3.05, 3.63) is 35.9 Å². The molecule has 3 fully saturated rings. The molecule has 0 radical (unpaired) electrons. The fourth-order valence-corrected chi connectivity index (χ4v) is 4.98. The fourth-order valence-electron chi connectivity index (χ4n) is 4.98. The van der Waals surface area contributed by atoms with Crippen molar-refractivity contribution >= 4 is 11.8 Å². The Morgan fingerprint density at radius 1 is 1.08 bits per heavy atom. The van der Waals surface area contributed by atoms with Crippen LogP contribution >= 0.6 is 0 Å². The predicted octanol–water partition coefficient (Wildman–Crippen LogP) is 1.82. The summed E-state index contributed by atoms with van der Waals surface area (Å²) in [6.07, 6.45) is 6.45. The van der Waals surface area contributed by atoms with Crippen LogP contribution in [0.1, 0.15) is 37.7 Å². The summed E-state index contributed by atoms with van der Waals surface area (Å²) in [5.74, 6) is 0.253. The molecule has 5 nitrogen and oxygen atoms in total. The van der Waals surface area contributed by atoms with Gasteiger partial charge < -0.3 is 10.2 Å². The third-order valence-electron chi connectivity index (χ3n) is 6.18. The van der Waals surface area contributed by atoms with Gasteiger partial charge >= 0.3 is 0 Å². The zero-order valence-electron chi connectivity index (χ0n) is 15.4. The van der Waals surface area contributed by atoms with Crippen LogP contribution in [0.15, 0.2) is 30.3 Å². The highest BCUT2D eigenvalue weighted by Crippen LogP contribution is 2.32. The maximum Gasteiger partial charge on any atom is 0.239 e. The molecule has 3 atom stereocenters. The molecule has 0 aliphatic carbocycles. The number of benzene rings is 1. The molecule has 2 amide bonds.